The normalized spacial score (nSPS) is 14.0. The summed E-state index contributed by atoms with van der Waals surface area (Å²) in [5.74, 6) is 1.11. The number of hydrogen-bond donors (Lipinski definition) is 2. The number of benzene rings is 1. The van der Waals surface area contributed by atoms with E-state index in [1.54, 1.807) is 0 Å². The van der Waals surface area contributed by atoms with Gasteiger partial charge in [0.05, 0.1) is 6.04 Å². The molecule has 1 aromatic carbocycles. The highest BCUT2D eigenvalue weighted by Gasteiger charge is 2.16. The molecule has 0 fully saturated rings. The Balaban J connectivity index is 2.88. The Morgan fingerprint density at radius 3 is 2.05 bits per heavy atom. The van der Waals surface area contributed by atoms with Gasteiger partial charge < -0.3 is 10.6 Å². The van der Waals surface area contributed by atoms with Gasteiger partial charge in [0, 0.05) is 7.05 Å². The topological polar surface area (TPSA) is 24.1 Å². The fourth-order valence-electron chi connectivity index (χ4n) is 2.12. The molecule has 2 atom stereocenters. The van der Waals surface area contributed by atoms with Gasteiger partial charge in [0.25, 0.3) is 0 Å². The fraction of sp³-hybridized carbons (Fsp3) is 0.562. The summed E-state index contributed by atoms with van der Waals surface area (Å²) >= 11 is 5.21. The van der Waals surface area contributed by atoms with Gasteiger partial charge in [-0.3, -0.25) is 0 Å². The molecule has 19 heavy (non-hydrogen) atoms. The molecular formula is C16H26N2S. The van der Waals surface area contributed by atoms with Gasteiger partial charge in [0.2, 0.25) is 0 Å². The van der Waals surface area contributed by atoms with E-state index in [2.05, 4.69) is 62.6 Å². The van der Waals surface area contributed by atoms with Crippen molar-refractivity contribution in [2.75, 3.05) is 7.05 Å². The van der Waals surface area contributed by atoms with Gasteiger partial charge in [-0.2, -0.15) is 0 Å². The van der Waals surface area contributed by atoms with Crippen LogP contribution in [0, 0.1) is 5.92 Å². The zero-order valence-corrected chi connectivity index (χ0v) is 13.5. The maximum atomic E-state index is 5.21. The highest BCUT2D eigenvalue weighted by atomic mass is 32.1. The van der Waals surface area contributed by atoms with Crippen LogP contribution in [0.25, 0.3) is 0 Å². The molecule has 0 amide bonds. The number of nitrogens with one attached hydrogen (secondary N) is 2. The average molecular weight is 278 g/mol. The summed E-state index contributed by atoms with van der Waals surface area (Å²) in [5.41, 5.74) is 2.70. The molecule has 0 aromatic heterocycles. The Morgan fingerprint density at radius 1 is 1.11 bits per heavy atom. The Morgan fingerprint density at radius 2 is 1.63 bits per heavy atom. The molecule has 0 unspecified atom stereocenters. The lowest BCUT2D eigenvalue weighted by Crippen LogP contribution is -2.37. The van der Waals surface area contributed by atoms with Crippen molar-refractivity contribution in [3.05, 3.63) is 35.4 Å². The van der Waals surface area contributed by atoms with Crippen molar-refractivity contribution in [1.82, 2.24) is 10.6 Å². The second kappa shape index (κ2) is 7.49. The SMILES string of the molecule is CC[C@H](C)c1ccc([C@@H](NC(=S)NC)C(C)C)cc1. The number of rotatable bonds is 5. The van der Waals surface area contributed by atoms with Crippen LogP contribution in [0.4, 0.5) is 0 Å². The Labute approximate surface area is 123 Å². The second-order valence-corrected chi connectivity index (χ2v) is 5.83. The van der Waals surface area contributed by atoms with E-state index >= 15 is 0 Å². The third-order valence-corrected chi connectivity index (χ3v) is 3.98. The molecule has 1 aromatic rings. The minimum Gasteiger partial charge on any atom is -0.366 e. The summed E-state index contributed by atoms with van der Waals surface area (Å²) in [7, 11) is 1.85. The molecule has 0 saturated heterocycles. The average Bonchev–Trinajstić information content (AvgIpc) is 2.43. The molecule has 0 bridgehead atoms. The summed E-state index contributed by atoms with van der Waals surface area (Å²) in [5, 5.41) is 7.04. The van der Waals surface area contributed by atoms with Crippen molar-refractivity contribution >= 4 is 17.3 Å². The molecule has 0 aliphatic rings. The number of thiocarbonyl (C=S) groups is 1. The summed E-state index contributed by atoms with van der Waals surface area (Å²) in [6, 6.07) is 9.17. The second-order valence-electron chi connectivity index (χ2n) is 5.42. The Hall–Kier alpha value is -1.09. The smallest absolute Gasteiger partial charge is 0.166 e. The molecule has 2 nitrogen and oxygen atoms in total. The van der Waals surface area contributed by atoms with Crippen molar-refractivity contribution in [2.24, 2.45) is 5.92 Å². The summed E-state index contributed by atoms with van der Waals surface area (Å²) < 4.78 is 0. The van der Waals surface area contributed by atoms with Crippen LogP contribution < -0.4 is 10.6 Å². The van der Waals surface area contributed by atoms with Gasteiger partial charge in [-0.05, 0) is 41.6 Å². The van der Waals surface area contributed by atoms with Crippen molar-refractivity contribution in [1.29, 1.82) is 0 Å². The van der Waals surface area contributed by atoms with E-state index in [4.69, 9.17) is 12.2 Å². The monoisotopic (exact) mass is 278 g/mol. The van der Waals surface area contributed by atoms with E-state index in [0.29, 0.717) is 16.9 Å². The molecule has 0 radical (unpaired) electrons. The standard InChI is InChI=1S/C16H26N2S/c1-6-12(4)13-7-9-14(10-8-13)15(11(2)3)18-16(19)17-5/h7-12,15H,6H2,1-5H3,(H2,17,18,19)/t12-,15-/m0/s1. The van der Waals surface area contributed by atoms with Crippen LogP contribution in [-0.4, -0.2) is 12.2 Å². The molecule has 0 aliphatic heterocycles. The van der Waals surface area contributed by atoms with Crippen molar-refractivity contribution in [3.8, 4) is 0 Å². The highest BCUT2D eigenvalue weighted by Crippen LogP contribution is 2.25. The third kappa shape index (κ3) is 4.50. The molecule has 2 N–H and O–H groups in total. The summed E-state index contributed by atoms with van der Waals surface area (Å²) in [6.45, 7) is 8.91. The third-order valence-electron chi connectivity index (χ3n) is 3.66. The van der Waals surface area contributed by atoms with E-state index in [9.17, 15) is 0 Å². The van der Waals surface area contributed by atoms with Crippen LogP contribution in [0.1, 0.15) is 57.2 Å². The van der Waals surface area contributed by atoms with Crippen LogP contribution in [-0.2, 0) is 0 Å². The first-order chi connectivity index (χ1) is 8.99. The minimum atomic E-state index is 0.255. The molecule has 0 saturated carbocycles. The highest BCUT2D eigenvalue weighted by molar-refractivity contribution is 7.80. The van der Waals surface area contributed by atoms with Crippen LogP contribution in [0.2, 0.25) is 0 Å². The van der Waals surface area contributed by atoms with Gasteiger partial charge in [-0.15, -0.1) is 0 Å². The molecule has 0 spiro atoms. The van der Waals surface area contributed by atoms with Crippen LogP contribution >= 0.6 is 12.2 Å². The molecule has 0 aliphatic carbocycles. The quantitative estimate of drug-likeness (QED) is 0.796. The molecule has 3 heteroatoms. The fourth-order valence-corrected chi connectivity index (χ4v) is 2.24. The van der Waals surface area contributed by atoms with Crippen molar-refractivity contribution < 1.29 is 0 Å². The van der Waals surface area contributed by atoms with E-state index in [1.165, 1.54) is 17.5 Å². The molecule has 106 valence electrons. The van der Waals surface area contributed by atoms with Crippen LogP contribution in [0.3, 0.4) is 0 Å². The van der Waals surface area contributed by atoms with E-state index in [-0.39, 0.29) is 6.04 Å². The van der Waals surface area contributed by atoms with Gasteiger partial charge >= 0.3 is 0 Å². The Kier molecular flexibility index (Phi) is 6.29. The first kappa shape index (κ1) is 16.0. The predicted molar refractivity (Wildman–Crippen MR) is 87.5 cm³/mol. The zero-order chi connectivity index (χ0) is 14.4. The predicted octanol–water partition coefficient (Wildman–Crippen LogP) is 3.99. The van der Waals surface area contributed by atoms with E-state index < -0.39 is 0 Å². The molecular weight excluding hydrogens is 252 g/mol. The molecule has 0 heterocycles. The summed E-state index contributed by atoms with van der Waals surface area (Å²) in [6.07, 6.45) is 1.18. The van der Waals surface area contributed by atoms with Gasteiger partial charge in [0.15, 0.2) is 5.11 Å². The first-order valence-electron chi connectivity index (χ1n) is 7.07. The summed E-state index contributed by atoms with van der Waals surface area (Å²) in [4.78, 5) is 0. The van der Waals surface area contributed by atoms with Gasteiger partial charge in [0.1, 0.15) is 0 Å². The first-order valence-corrected chi connectivity index (χ1v) is 7.48. The maximum Gasteiger partial charge on any atom is 0.166 e. The largest absolute Gasteiger partial charge is 0.366 e. The lowest BCUT2D eigenvalue weighted by atomic mass is 9.92. The lowest BCUT2D eigenvalue weighted by molar-refractivity contribution is 0.470. The van der Waals surface area contributed by atoms with Crippen LogP contribution in [0.5, 0.6) is 0 Å². The molecule has 1 rings (SSSR count). The minimum absolute atomic E-state index is 0.255. The number of hydrogen-bond acceptors (Lipinski definition) is 1. The van der Waals surface area contributed by atoms with Gasteiger partial charge in [-0.1, -0.05) is 52.0 Å². The zero-order valence-electron chi connectivity index (χ0n) is 12.7. The maximum absolute atomic E-state index is 5.21. The van der Waals surface area contributed by atoms with Gasteiger partial charge in [-0.25, -0.2) is 0 Å². The Bertz CT molecular complexity index is 398. The van der Waals surface area contributed by atoms with E-state index in [1.807, 2.05) is 7.05 Å². The van der Waals surface area contributed by atoms with Crippen molar-refractivity contribution in [3.63, 3.8) is 0 Å². The van der Waals surface area contributed by atoms with E-state index in [0.717, 1.165) is 0 Å². The van der Waals surface area contributed by atoms with Crippen molar-refractivity contribution in [2.45, 2.75) is 46.1 Å². The lowest BCUT2D eigenvalue weighted by Gasteiger charge is -2.24. The van der Waals surface area contributed by atoms with Crippen LogP contribution in [0.15, 0.2) is 24.3 Å².